The van der Waals surface area contributed by atoms with Crippen molar-refractivity contribution in [2.24, 2.45) is 11.0 Å². The van der Waals surface area contributed by atoms with E-state index in [0.717, 1.165) is 12.8 Å². The zero-order valence-corrected chi connectivity index (χ0v) is 9.32. The summed E-state index contributed by atoms with van der Waals surface area (Å²) < 4.78 is 0. The van der Waals surface area contributed by atoms with Gasteiger partial charge in [-0.25, -0.2) is 5.01 Å². The molecule has 16 heavy (non-hydrogen) atoms. The first-order valence-corrected chi connectivity index (χ1v) is 5.87. The fourth-order valence-electron chi connectivity index (χ4n) is 2.11. The van der Waals surface area contributed by atoms with Crippen molar-refractivity contribution in [2.75, 3.05) is 13.1 Å². The molecule has 0 aromatic carbocycles. The molecule has 1 aliphatic carbocycles. The first-order chi connectivity index (χ1) is 7.75. The molecule has 0 spiro atoms. The lowest BCUT2D eigenvalue weighted by Gasteiger charge is -2.23. The Labute approximate surface area is 94.9 Å². The molecule has 1 aliphatic heterocycles. The summed E-state index contributed by atoms with van der Waals surface area (Å²) in [5.41, 5.74) is 0. The van der Waals surface area contributed by atoms with Crippen molar-refractivity contribution < 1.29 is 9.59 Å². The third-order valence-corrected chi connectivity index (χ3v) is 3.08. The van der Waals surface area contributed by atoms with E-state index in [4.69, 9.17) is 0 Å². The summed E-state index contributed by atoms with van der Waals surface area (Å²) in [6, 6.07) is 0. The van der Waals surface area contributed by atoms with Gasteiger partial charge in [0.15, 0.2) is 0 Å². The molecule has 2 amide bonds. The predicted molar refractivity (Wildman–Crippen MR) is 59.8 cm³/mol. The fourth-order valence-corrected chi connectivity index (χ4v) is 2.11. The normalized spacial score (nSPS) is 23.9. The van der Waals surface area contributed by atoms with Crippen LogP contribution in [0.3, 0.4) is 0 Å². The van der Waals surface area contributed by atoms with Gasteiger partial charge in [-0.15, -0.1) is 0 Å². The maximum atomic E-state index is 11.4. The Bertz CT molecular complexity index is 308. The van der Waals surface area contributed by atoms with E-state index in [-0.39, 0.29) is 24.9 Å². The largest absolute Gasteiger partial charge is 0.345 e. The molecule has 1 heterocycles. The van der Waals surface area contributed by atoms with Crippen LogP contribution in [0.2, 0.25) is 0 Å². The average Bonchev–Trinajstić information content (AvgIpc) is 2.32. The quantitative estimate of drug-likeness (QED) is 0.693. The number of nitrogens with zero attached hydrogens (tertiary/aromatic N) is 2. The highest BCUT2D eigenvalue weighted by Crippen LogP contribution is 2.22. The van der Waals surface area contributed by atoms with E-state index in [0.29, 0.717) is 5.92 Å². The number of hydrazone groups is 1. The molecule has 5 nitrogen and oxygen atoms in total. The minimum absolute atomic E-state index is 0.0576. The van der Waals surface area contributed by atoms with Crippen LogP contribution in [0.1, 0.15) is 32.1 Å². The second-order valence-electron chi connectivity index (χ2n) is 4.39. The Morgan fingerprint density at radius 1 is 1.25 bits per heavy atom. The molecule has 1 saturated carbocycles. The molecule has 1 saturated heterocycles. The first kappa shape index (κ1) is 11.1. The molecule has 0 atom stereocenters. The van der Waals surface area contributed by atoms with Gasteiger partial charge < -0.3 is 5.32 Å². The van der Waals surface area contributed by atoms with Crippen molar-refractivity contribution in [3.63, 3.8) is 0 Å². The number of amides is 2. The van der Waals surface area contributed by atoms with Gasteiger partial charge in [-0.3, -0.25) is 9.59 Å². The van der Waals surface area contributed by atoms with Crippen LogP contribution in [0.5, 0.6) is 0 Å². The Kier molecular flexibility index (Phi) is 3.54. The Balaban J connectivity index is 1.88. The molecule has 0 unspecified atom stereocenters. The number of nitrogens with one attached hydrogen (secondary N) is 1. The Hall–Kier alpha value is -1.39. The van der Waals surface area contributed by atoms with Gasteiger partial charge in [0.05, 0.1) is 6.54 Å². The predicted octanol–water partition coefficient (Wildman–Crippen LogP) is 0.511. The van der Waals surface area contributed by atoms with E-state index < -0.39 is 0 Å². The molecule has 2 rings (SSSR count). The van der Waals surface area contributed by atoms with Gasteiger partial charge in [-0.1, -0.05) is 19.3 Å². The molecule has 0 radical (unpaired) electrons. The van der Waals surface area contributed by atoms with Crippen LogP contribution in [0, 0.1) is 5.92 Å². The van der Waals surface area contributed by atoms with E-state index in [1.807, 2.05) is 6.21 Å². The number of carbonyl (C=O) groups excluding carboxylic acids is 2. The second kappa shape index (κ2) is 5.09. The molecular weight excluding hydrogens is 206 g/mol. The van der Waals surface area contributed by atoms with Crippen molar-refractivity contribution >= 4 is 18.0 Å². The molecule has 1 N–H and O–H groups in total. The van der Waals surface area contributed by atoms with Crippen LogP contribution in [0.25, 0.3) is 0 Å². The number of hydrogen-bond donors (Lipinski definition) is 1. The minimum atomic E-state index is -0.139. The molecule has 2 aliphatic rings. The second-order valence-corrected chi connectivity index (χ2v) is 4.39. The highest BCUT2D eigenvalue weighted by molar-refractivity contribution is 5.92. The minimum Gasteiger partial charge on any atom is -0.345 e. The average molecular weight is 223 g/mol. The summed E-state index contributed by atoms with van der Waals surface area (Å²) in [5, 5.41) is 7.90. The molecule has 2 fully saturated rings. The van der Waals surface area contributed by atoms with Crippen molar-refractivity contribution in [1.29, 1.82) is 0 Å². The van der Waals surface area contributed by atoms with Gasteiger partial charge in [0.1, 0.15) is 6.54 Å². The van der Waals surface area contributed by atoms with Crippen LogP contribution in [0.4, 0.5) is 0 Å². The van der Waals surface area contributed by atoms with Gasteiger partial charge in [0.25, 0.3) is 5.91 Å². The van der Waals surface area contributed by atoms with Crippen LogP contribution in [-0.2, 0) is 9.59 Å². The lowest BCUT2D eigenvalue weighted by atomic mass is 9.90. The van der Waals surface area contributed by atoms with E-state index in [1.165, 1.54) is 24.3 Å². The van der Waals surface area contributed by atoms with Gasteiger partial charge in [-0.2, -0.15) is 5.10 Å². The van der Waals surface area contributed by atoms with E-state index >= 15 is 0 Å². The van der Waals surface area contributed by atoms with Crippen LogP contribution >= 0.6 is 0 Å². The van der Waals surface area contributed by atoms with Crippen LogP contribution < -0.4 is 5.32 Å². The lowest BCUT2D eigenvalue weighted by Crippen LogP contribution is -2.49. The van der Waals surface area contributed by atoms with Gasteiger partial charge in [0, 0.05) is 6.21 Å². The maximum Gasteiger partial charge on any atom is 0.262 e. The zero-order valence-electron chi connectivity index (χ0n) is 9.32. The smallest absolute Gasteiger partial charge is 0.262 e. The van der Waals surface area contributed by atoms with E-state index in [2.05, 4.69) is 10.4 Å². The van der Waals surface area contributed by atoms with Gasteiger partial charge in [0.2, 0.25) is 5.91 Å². The number of rotatable bonds is 2. The molecule has 5 heteroatoms. The number of hydrogen-bond acceptors (Lipinski definition) is 3. The summed E-state index contributed by atoms with van der Waals surface area (Å²) >= 11 is 0. The zero-order chi connectivity index (χ0) is 11.4. The monoisotopic (exact) mass is 223 g/mol. The van der Waals surface area contributed by atoms with E-state index in [9.17, 15) is 9.59 Å². The lowest BCUT2D eigenvalue weighted by molar-refractivity contribution is -0.140. The highest BCUT2D eigenvalue weighted by atomic mass is 16.2. The first-order valence-electron chi connectivity index (χ1n) is 5.87. The number of carbonyl (C=O) groups is 2. The van der Waals surface area contributed by atoms with Crippen molar-refractivity contribution in [3.8, 4) is 0 Å². The summed E-state index contributed by atoms with van der Waals surface area (Å²) in [6.45, 7) is 0.128. The molecule has 0 aromatic heterocycles. The summed E-state index contributed by atoms with van der Waals surface area (Å²) in [6.07, 6.45) is 7.93. The Morgan fingerprint density at radius 2 is 2.00 bits per heavy atom. The highest BCUT2D eigenvalue weighted by Gasteiger charge is 2.22. The molecule has 0 aromatic rings. The standard InChI is InChI=1S/C11H17N3O2/c15-10-8-14(11(16)7-12-10)13-6-9-4-2-1-3-5-9/h6,9H,1-5,7-8H2,(H,12,15). The van der Waals surface area contributed by atoms with Crippen molar-refractivity contribution in [3.05, 3.63) is 0 Å². The molecule has 88 valence electrons. The topological polar surface area (TPSA) is 61.8 Å². The maximum absolute atomic E-state index is 11.4. The summed E-state index contributed by atoms with van der Waals surface area (Å²) in [4.78, 5) is 22.5. The summed E-state index contributed by atoms with van der Waals surface area (Å²) in [5.74, 6) is 0.207. The third-order valence-electron chi connectivity index (χ3n) is 3.08. The van der Waals surface area contributed by atoms with Crippen molar-refractivity contribution in [1.82, 2.24) is 10.3 Å². The number of piperazine rings is 1. The van der Waals surface area contributed by atoms with Crippen molar-refractivity contribution in [2.45, 2.75) is 32.1 Å². The fraction of sp³-hybridized carbons (Fsp3) is 0.727. The SMILES string of the molecule is O=C1CN(N=CC2CCCCC2)C(=O)CN1. The third kappa shape index (κ3) is 2.81. The van der Waals surface area contributed by atoms with E-state index in [1.54, 1.807) is 0 Å². The molecular formula is C11H17N3O2. The van der Waals surface area contributed by atoms with Gasteiger partial charge >= 0.3 is 0 Å². The van der Waals surface area contributed by atoms with Gasteiger partial charge in [-0.05, 0) is 18.8 Å². The van der Waals surface area contributed by atoms with Crippen LogP contribution in [-0.4, -0.2) is 36.1 Å². The molecule has 0 bridgehead atoms. The summed E-state index contributed by atoms with van der Waals surface area (Å²) in [7, 11) is 0. The van der Waals surface area contributed by atoms with Crippen LogP contribution in [0.15, 0.2) is 5.10 Å². The Morgan fingerprint density at radius 3 is 2.75 bits per heavy atom.